The number of ketones is 1. The van der Waals surface area contributed by atoms with E-state index in [1.54, 1.807) is 19.2 Å². The molecule has 1 atom stereocenters. The van der Waals surface area contributed by atoms with Gasteiger partial charge in [0.1, 0.15) is 5.01 Å². The van der Waals surface area contributed by atoms with Crippen molar-refractivity contribution < 1.29 is 23.9 Å². The van der Waals surface area contributed by atoms with Crippen LogP contribution in [0.4, 0.5) is 0 Å². The van der Waals surface area contributed by atoms with Gasteiger partial charge >= 0.3 is 11.9 Å². The summed E-state index contributed by atoms with van der Waals surface area (Å²) in [4.78, 5) is 44.3. The van der Waals surface area contributed by atoms with Crippen molar-refractivity contribution in [2.75, 3.05) is 7.11 Å². The normalized spacial score (nSPS) is 11.7. The van der Waals surface area contributed by atoms with Crippen LogP contribution >= 0.6 is 11.3 Å². The van der Waals surface area contributed by atoms with Crippen molar-refractivity contribution in [2.45, 2.75) is 26.9 Å². The minimum absolute atomic E-state index is 0.142. The molecule has 0 aliphatic carbocycles. The van der Waals surface area contributed by atoms with Crippen LogP contribution in [0.25, 0.3) is 10.6 Å². The number of hydrogen-bond acceptors (Lipinski definition) is 7. The number of carbonyl (C=O) groups is 3. The molecule has 2 aromatic heterocycles. The van der Waals surface area contributed by atoms with Gasteiger partial charge in [-0.25, -0.2) is 14.6 Å². The monoisotopic (exact) mass is 412 g/mol. The third-order valence-corrected chi connectivity index (χ3v) is 5.35. The van der Waals surface area contributed by atoms with E-state index in [0.29, 0.717) is 21.8 Å². The fourth-order valence-corrected chi connectivity index (χ4v) is 3.76. The molecule has 150 valence electrons. The van der Waals surface area contributed by atoms with Gasteiger partial charge in [0.15, 0.2) is 11.8 Å². The third kappa shape index (κ3) is 4.12. The van der Waals surface area contributed by atoms with E-state index in [2.05, 4.69) is 9.97 Å². The number of ether oxygens (including phenoxy) is 2. The Kier molecular flexibility index (Phi) is 5.93. The zero-order valence-corrected chi connectivity index (χ0v) is 17.3. The Labute approximate surface area is 171 Å². The highest BCUT2D eigenvalue weighted by Gasteiger charge is 2.28. The molecule has 8 heteroatoms. The van der Waals surface area contributed by atoms with Crippen molar-refractivity contribution in [2.24, 2.45) is 0 Å². The number of aromatic nitrogens is 2. The third-order valence-electron chi connectivity index (χ3n) is 4.46. The minimum Gasteiger partial charge on any atom is -0.465 e. The number of rotatable bonds is 6. The van der Waals surface area contributed by atoms with Gasteiger partial charge in [-0.3, -0.25) is 4.79 Å². The maximum Gasteiger partial charge on any atom is 0.358 e. The molecule has 0 aliphatic heterocycles. The second-order valence-corrected chi connectivity index (χ2v) is 7.29. The second-order valence-electron chi connectivity index (χ2n) is 6.43. The number of Topliss-reactive ketones (excluding diaryl/α,β-unsaturated/α-hetero) is 1. The molecule has 0 fully saturated rings. The van der Waals surface area contributed by atoms with Gasteiger partial charge in [0, 0.05) is 16.6 Å². The Morgan fingerprint density at radius 1 is 1.10 bits per heavy atom. The first-order valence-electron chi connectivity index (χ1n) is 8.87. The van der Waals surface area contributed by atoms with E-state index in [0.717, 1.165) is 5.56 Å². The lowest BCUT2D eigenvalue weighted by atomic mass is 10.1. The summed E-state index contributed by atoms with van der Waals surface area (Å²) in [5, 5.41) is 2.29. The maximum atomic E-state index is 12.8. The Morgan fingerprint density at radius 2 is 1.79 bits per heavy atom. The van der Waals surface area contributed by atoms with Crippen LogP contribution in [-0.2, 0) is 9.47 Å². The van der Waals surface area contributed by atoms with Gasteiger partial charge in [-0.15, -0.1) is 11.3 Å². The van der Waals surface area contributed by atoms with Gasteiger partial charge in [-0.05, 0) is 26.3 Å². The molecule has 0 spiro atoms. The van der Waals surface area contributed by atoms with Crippen molar-refractivity contribution in [3.05, 3.63) is 63.9 Å². The van der Waals surface area contributed by atoms with Crippen LogP contribution in [0.15, 0.2) is 35.7 Å². The van der Waals surface area contributed by atoms with Crippen LogP contribution in [0.1, 0.15) is 49.5 Å². The lowest BCUT2D eigenvalue weighted by Gasteiger charge is -2.11. The van der Waals surface area contributed by atoms with E-state index in [1.165, 1.54) is 25.4 Å². The van der Waals surface area contributed by atoms with Crippen LogP contribution < -0.4 is 0 Å². The predicted molar refractivity (Wildman–Crippen MR) is 108 cm³/mol. The number of thiazole rings is 1. The van der Waals surface area contributed by atoms with Gasteiger partial charge in [0.2, 0.25) is 5.78 Å². The molecule has 0 bridgehead atoms. The van der Waals surface area contributed by atoms with Crippen molar-refractivity contribution in [1.82, 2.24) is 9.97 Å². The average Bonchev–Trinajstić information content (AvgIpc) is 3.32. The van der Waals surface area contributed by atoms with Crippen molar-refractivity contribution in [1.29, 1.82) is 0 Å². The zero-order chi connectivity index (χ0) is 21.1. The first kappa shape index (κ1) is 20.5. The summed E-state index contributed by atoms with van der Waals surface area (Å²) in [5.41, 5.74) is 2.54. The number of nitrogens with one attached hydrogen (secondary N) is 1. The minimum atomic E-state index is -1.05. The summed E-state index contributed by atoms with van der Waals surface area (Å²) in [6.07, 6.45) is -1.05. The summed E-state index contributed by atoms with van der Waals surface area (Å²) >= 11 is 1.32. The second kappa shape index (κ2) is 8.40. The number of aryl methyl sites for hydroxylation is 1. The summed E-state index contributed by atoms with van der Waals surface area (Å²) in [6.45, 7) is 4.80. The van der Waals surface area contributed by atoms with Crippen molar-refractivity contribution in [3.63, 3.8) is 0 Å². The number of benzene rings is 1. The summed E-state index contributed by atoms with van der Waals surface area (Å²) in [7, 11) is 1.28. The first-order valence-corrected chi connectivity index (χ1v) is 9.75. The number of esters is 2. The number of hydrogen-bond donors (Lipinski definition) is 1. The van der Waals surface area contributed by atoms with Gasteiger partial charge in [-0.2, -0.15) is 0 Å². The molecule has 1 unspecified atom stereocenters. The van der Waals surface area contributed by atoms with Crippen LogP contribution in [0.5, 0.6) is 0 Å². The van der Waals surface area contributed by atoms with E-state index in [1.807, 2.05) is 30.3 Å². The Bertz CT molecular complexity index is 1070. The van der Waals surface area contributed by atoms with Crippen LogP contribution in [-0.4, -0.2) is 40.9 Å². The van der Waals surface area contributed by atoms with E-state index in [9.17, 15) is 14.4 Å². The van der Waals surface area contributed by atoms with Crippen LogP contribution in [0.2, 0.25) is 0 Å². The highest BCUT2D eigenvalue weighted by atomic mass is 32.1. The number of methoxy groups -OCH3 is 1. The lowest BCUT2D eigenvalue weighted by Crippen LogP contribution is -2.25. The van der Waals surface area contributed by atoms with Gasteiger partial charge in [0.05, 0.1) is 18.4 Å². The molecule has 3 rings (SSSR count). The number of H-pyrrole nitrogens is 1. The highest BCUT2D eigenvalue weighted by Crippen LogP contribution is 2.24. The first-order chi connectivity index (χ1) is 13.8. The van der Waals surface area contributed by atoms with Gasteiger partial charge in [-0.1, -0.05) is 30.3 Å². The molecular formula is C21H20N2O5S. The standard InChI is InChI=1S/C21H20N2O5S/c1-11-16(21(26)27-4)12(2)22-17(11)18(24)13(3)28-20(25)15-10-29-19(23-15)14-8-6-5-7-9-14/h5-10,13,22H,1-4H3. The molecule has 1 N–H and O–H groups in total. The number of carbonyl (C=O) groups excluding carboxylic acids is 3. The molecule has 29 heavy (non-hydrogen) atoms. The quantitative estimate of drug-likeness (QED) is 0.486. The summed E-state index contributed by atoms with van der Waals surface area (Å²) in [5.74, 6) is -1.65. The van der Waals surface area contributed by atoms with Crippen molar-refractivity contribution in [3.8, 4) is 10.6 Å². The van der Waals surface area contributed by atoms with E-state index >= 15 is 0 Å². The molecule has 0 saturated heterocycles. The predicted octanol–water partition coefficient (Wildman–Crippen LogP) is 3.97. The largest absolute Gasteiger partial charge is 0.465 e. The SMILES string of the molecule is COC(=O)c1c(C)[nH]c(C(=O)C(C)OC(=O)c2csc(-c3ccccc3)n2)c1C. The number of nitrogens with zero attached hydrogens (tertiary/aromatic N) is 1. The Hall–Kier alpha value is -3.26. The van der Waals surface area contributed by atoms with E-state index in [-0.39, 0.29) is 11.4 Å². The average molecular weight is 412 g/mol. The molecule has 7 nitrogen and oxygen atoms in total. The number of aromatic amines is 1. The van der Waals surface area contributed by atoms with Crippen molar-refractivity contribution >= 4 is 29.1 Å². The molecule has 3 aromatic rings. The topological polar surface area (TPSA) is 98.4 Å². The van der Waals surface area contributed by atoms with Crippen LogP contribution in [0, 0.1) is 13.8 Å². The molecule has 0 saturated carbocycles. The summed E-state index contributed by atoms with van der Waals surface area (Å²) < 4.78 is 10.1. The summed E-state index contributed by atoms with van der Waals surface area (Å²) in [6, 6.07) is 9.47. The van der Waals surface area contributed by atoms with Gasteiger partial charge in [0.25, 0.3) is 0 Å². The molecular weight excluding hydrogens is 392 g/mol. The Balaban J connectivity index is 1.74. The Morgan fingerprint density at radius 3 is 2.45 bits per heavy atom. The van der Waals surface area contributed by atoms with Gasteiger partial charge < -0.3 is 14.5 Å². The highest BCUT2D eigenvalue weighted by molar-refractivity contribution is 7.13. The fourth-order valence-electron chi connectivity index (χ4n) is 2.96. The molecule has 2 heterocycles. The molecule has 0 radical (unpaired) electrons. The molecule has 0 amide bonds. The van der Waals surface area contributed by atoms with Crippen LogP contribution in [0.3, 0.4) is 0 Å². The fraction of sp³-hybridized carbons (Fsp3) is 0.238. The smallest absolute Gasteiger partial charge is 0.358 e. The maximum absolute atomic E-state index is 12.8. The molecule has 1 aromatic carbocycles. The molecule has 0 aliphatic rings. The van der Waals surface area contributed by atoms with E-state index < -0.39 is 23.8 Å². The van der Waals surface area contributed by atoms with E-state index in [4.69, 9.17) is 9.47 Å². The zero-order valence-electron chi connectivity index (χ0n) is 16.4. The lowest BCUT2D eigenvalue weighted by molar-refractivity contribution is 0.0312.